The van der Waals surface area contributed by atoms with Crippen molar-refractivity contribution in [3.05, 3.63) is 29.3 Å². The molecular formula is C12H14O4. The maximum atomic E-state index is 11.5. The van der Waals surface area contributed by atoms with Gasteiger partial charge in [-0.15, -0.1) is 0 Å². The maximum Gasteiger partial charge on any atom is 0.341 e. The minimum absolute atomic E-state index is 0.232. The van der Waals surface area contributed by atoms with Crippen LogP contribution in [0.15, 0.2) is 18.2 Å². The van der Waals surface area contributed by atoms with Crippen LogP contribution in [0.5, 0.6) is 5.75 Å². The molecule has 86 valence electrons. The Hall–Kier alpha value is -1.55. The topological polar surface area (TPSA) is 44.8 Å². The summed E-state index contributed by atoms with van der Waals surface area (Å²) in [6, 6.07) is 5.38. The summed E-state index contributed by atoms with van der Waals surface area (Å²) in [5.41, 5.74) is 1.34. The van der Waals surface area contributed by atoms with Gasteiger partial charge in [-0.2, -0.15) is 0 Å². The van der Waals surface area contributed by atoms with E-state index in [1.54, 1.807) is 12.1 Å². The quantitative estimate of drug-likeness (QED) is 0.733. The predicted octanol–water partition coefficient (Wildman–Crippen LogP) is 1.91. The molecule has 0 aromatic heterocycles. The molecule has 16 heavy (non-hydrogen) atoms. The third-order valence-corrected chi connectivity index (χ3v) is 2.52. The van der Waals surface area contributed by atoms with Crippen LogP contribution in [-0.2, 0) is 9.47 Å². The van der Waals surface area contributed by atoms with Gasteiger partial charge in [-0.05, 0) is 18.6 Å². The maximum absolute atomic E-state index is 11.5. The van der Waals surface area contributed by atoms with E-state index in [2.05, 4.69) is 0 Å². The molecule has 0 N–H and O–H groups in total. The number of para-hydroxylation sites is 1. The van der Waals surface area contributed by atoms with Crippen molar-refractivity contribution in [2.75, 3.05) is 13.7 Å². The third kappa shape index (κ3) is 2.02. The number of ether oxygens (including phenoxy) is 3. The van der Waals surface area contributed by atoms with E-state index in [9.17, 15) is 4.79 Å². The average molecular weight is 222 g/mol. The van der Waals surface area contributed by atoms with Crippen LogP contribution in [0.3, 0.4) is 0 Å². The SMILES string of the molecule is COC(=O)c1cccc(C)c1OC1CCO1. The van der Waals surface area contributed by atoms with E-state index in [0.717, 1.165) is 12.0 Å². The highest BCUT2D eigenvalue weighted by atomic mass is 16.7. The van der Waals surface area contributed by atoms with Crippen molar-refractivity contribution < 1.29 is 19.0 Å². The van der Waals surface area contributed by atoms with Crippen LogP contribution >= 0.6 is 0 Å². The Kier molecular flexibility index (Phi) is 3.10. The molecule has 2 rings (SSSR count). The van der Waals surface area contributed by atoms with E-state index in [4.69, 9.17) is 14.2 Å². The molecule has 1 heterocycles. The molecule has 1 atom stereocenters. The lowest BCUT2D eigenvalue weighted by atomic mass is 10.1. The second-order valence-corrected chi connectivity index (χ2v) is 3.65. The summed E-state index contributed by atoms with van der Waals surface area (Å²) in [4.78, 5) is 11.5. The lowest BCUT2D eigenvalue weighted by molar-refractivity contribution is -0.165. The number of benzene rings is 1. The Balaban J connectivity index is 2.28. The van der Waals surface area contributed by atoms with Crippen molar-refractivity contribution in [3.8, 4) is 5.75 Å². The van der Waals surface area contributed by atoms with Crippen LogP contribution in [-0.4, -0.2) is 26.0 Å². The van der Waals surface area contributed by atoms with Crippen LogP contribution in [0.1, 0.15) is 22.3 Å². The molecule has 0 saturated carbocycles. The number of carbonyl (C=O) groups is 1. The first-order valence-electron chi connectivity index (χ1n) is 5.18. The zero-order valence-electron chi connectivity index (χ0n) is 9.36. The fourth-order valence-electron chi connectivity index (χ4n) is 1.52. The van der Waals surface area contributed by atoms with E-state index < -0.39 is 5.97 Å². The van der Waals surface area contributed by atoms with Gasteiger partial charge in [0.25, 0.3) is 0 Å². The first-order valence-corrected chi connectivity index (χ1v) is 5.18. The van der Waals surface area contributed by atoms with Crippen molar-refractivity contribution >= 4 is 5.97 Å². The van der Waals surface area contributed by atoms with Gasteiger partial charge in [-0.25, -0.2) is 4.79 Å². The molecule has 1 fully saturated rings. The van der Waals surface area contributed by atoms with Crippen molar-refractivity contribution in [1.29, 1.82) is 0 Å². The van der Waals surface area contributed by atoms with E-state index in [1.807, 2.05) is 13.0 Å². The molecule has 0 spiro atoms. The standard InChI is InChI=1S/C12H14O4/c1-8-4-3-5-9(12(13)14-2)11(8)16-10-6-7-15-10/h3-5,10H,6-7H2,1-2H3. The van der Waals surface area contributed by atoms with E-state index in [-0.39, 0.29) is 6.29 Å². The van der Waals surface area contributed by atoms with Gasteiger partial charge in [0.15, 0.2) is 0 Å². The number of methoxy groups -OCH3 is 1. The Morgan fingerprint density at radius 1 is 1.50 bits per heavy atom. The second-order valence-electron chi connectivity index (χ2n) is 3.65. The van der Waals surface area contributed by atoms with Gasteiger partial charge >= 0.3 is 5.97 Å². The Morgan fingerprint density at radius 2 is 2.25 bits per heavy atom. The van der Waals surface area contributed by atoms with Crippen LogP contribution in [0.2, 0.25) is 0 Å². The molecule has 0 aliphatic carbocycles. The molecule has 1 aliphatic rings. The highest BCUT2D eigenvalue weighted by molar-refractivity contribution is 5.92. The van der Waals surface area contributed by atoms with E-state index in [1.165, 1.54) is 7.11 Å². The summed E-state index contributed by atoms with van der Waals surface area (Å²) in [7, 11) is 1.36. The molecule has 0 amide bonds. The lowest BCUT2D eigenvalue weighted by Crippen LogP contribution is -2.33. The lowest BCUT2D eigenvalue weighted by Gasteiger charge is -2.28. The van der Waals surface area contributed by atoms with Gasteiger partial charge in [-0.3, -0.25) is 0 Å². The van der Waals surface area contributed by atoms with Gasteiger partial charge in [0.2, 0.25) is 6.29 Å². The predicted molar refractivity (Wildman–Crippen MR) is 57.5 cm³/mol. The van der Waals surface area contributed by atoms with Crippen LogP contribution < -0.4 is 4.74 Å². The number of rotatable bonds is 3. The molecular weight excluding hydrogens is 208 g/mol. The number of hydrogen-bond acceptors (Lipinski definition) is 4. The van der Waals surface area contributed by atoms with E-state index in [0.29, 0.717) is 17.9 Å². The summed E-state index contributed by atoms with van der Waals surface area (Å²) < 4.78 is 15.5. The molecule has 1 aromatic rings. The Morgan fingerprint density at radius 3 is 2.81 bits per heavy atom. The highest BCUT2D eigenvalue weighted by Crippen LogP contribution is 2.27. The average Bonchev–Trinajstić information content (AvgIpc) is 2.23. The minimum atomic E-state index is -0.391. The van der Waals surface area contributed by atoms with E-state index >= 15 is 0 Å². The van der Waals surface area contributed by atoms with Gasteiger partial charge in [0, 0.05) is 6.42 Å². The van der Waals surface area contributed by atoms with Crippen molar-refractivity contribution in [2.24, 2.45) is 0 Å². The molecule has 1 unspecified atom stereocenters. The Bertz CT molecular complexity index is 396. The number of esters is 1. The molecule has 0 radical (unpaired) electrons. The van der Waals surface area contributed by atoms with Crippen molar-refractivity contribution in [3.63, 3.8) is 0 Å². The monoisotopic (exact) mass is 222 g/mol. The molecule has 0 bridgehead atoms. The fraction of sp³-hybridized carbons (Fsp3) is 0.417. The zero-order valence-corrected chi connectivity index (χ0v) is 9.36. The normalized spacial score (nSPS) is 18.8. The first kappa shape index (κ1) is 11.0. The number of hydrogen-bond donors (Lipinski definition) is 0. The first-order chi connectivity index (χ1) is 7.72. The molecule has 1 aliphatic heterocycles. The molecule has 1 saturated heterocycles. The van der Waals surface area contributed by atoms with Gasteiger partial charge in [0.1, 0.15) is 11.3 Å². The third-order valence-electron chi connectivity index (χ3n) is 2.52. The zero-order chi connectivity index (χ0) is 11.5. The largest absolute Gasteiger partial charge is 0.465 e. The molecule has 1 aromatic carbocycles. The summed E-state index contributed by atoms with van der Waals surface area (Å²) >= 11 is 0. The Labute approximate surface area is 94.1 Å². The summed E-state index contributed by atoms with van der Waals surface area (Å²) in [6.07, 6.45) is 0.624. The molecule has 4 heteroatoms. The second kappa shape index (κ2) is 4.53. The highest BCUT2D eigenvalue weighted by Gasteiger charge is 2.24. The van der Waals surface area contributed by atoms with Crippen LogP contribution in [0.4, 0.5) is 0 Å². The minimum Gasteiger partial charge on any atom is -0.465 e. The summed E-state index contributed by atoms with van der Waals surface area (Å²) in [6.45, 7) is 2.60. The smallest absolute Gasteiger partial charge is 0.341 e. The summed E-state index contributed by atoms with van der Waals surface area (Å²) in [5.74, 6) is 0.164. The van der Waals surface area contributed by atoms with Crippen molar-refractivity contribution in [1.82, 2.24) is 0 Å². The number of aryl methyl sites for hydroxylation is 1. The van der Waals surface area contributed by atoms with Crippen LogP contribution in [0, 0.1) is 6.92 Å². The fourth-order valence-corrected chi connectivity index (χ4v) is 1.52. The van der Waals surface area contributed by atoms with Gasteiger partial charge in [0.05, 0.1) is 13.7 Å². The van der Waals surface area contributed by atoms with Gasteiger partial charge < -0.3 is 14.2 Å². The van der Waals surface area contributed by atoms with Crippen LogP contribution in [0.25, 0.3) is 0 Å². The van der Waals surface area contributed by atoms with Gasteiger partial charge in [-0.1, -0.05) is 12.1 Å². The number of carbonyl (C=O) groups excluding carboxylic acids is 1. The summed E-state index contributed by atoms with van der Waals surface area (Å²) in [5, 5.41) is 0. The van der Waals surface area contributed by atoms with Crippen molar-refractivity contribution in [2.45, 2.75) is 19.6 Å². The molecule has 4 nitrogen and oxygen atoms in total.